The number of hydrogen-bond donors (Lipinski definition) is 2. The van der Waals surface area contributed by atoms with Gasteiger partial charge in [-0.3, -0.25) is 10.2 Å². The number of nitrogens with two attached hydrogens (primary N) is 1. The van der Waals surface area contributed by atoms with E-state index in [2.05, 4.69) is 10.1 Å². The van der Waals surface area contributed by atoms with Crippen LogP contribution in [0.5, 0.6) is 0 Å². The number of urea groups is 1. The first-order valence-electron chi connectivity index (χ1n) is 7.25. The Morgan fingerprint density at radius 2 is 1.78 bits per heavy atom. The van der Waals surface area contributed by atoms with Crippen molar-refractivity contribution in [2.75, 3.05) is 17.3 Å². The van der Waals surface area contributed by atoms with Gasteiger partial charge in [0.05, 0.1) is 18.5 Å². The van der Waals surface area contributed by atoms with Crippen molar-refractivity contribution < 1.29 is 14.3 Å². The standard InChI is InChI=1S/C17H17N3O3/c1-23-17(22)19-13-9-8-12-7-6-11-4-2-3-5-14(11)20(16(18)21)15(12)10-13/h2-5,8-10H,6-7H2,1H3,(H2,18,21)(H,19,22). The molecule has 23 heavy (non-hydrogen) atoms. The van der Waals surface area contributed by atoms with E-state index in [1.807, 2.05) is 30.3 Å². The lowest BCUT2D eigenvalue weighted by Crippen LogP contribution is -2.32. The Kier molecular flexibility index (Phi) is 3.89. The second-order valence-electron chi connectivity index (χ2n) is 5.26. The predicted octanol–water partition coefficient (Wildman–Crippen LogP) is 3.18. The minimum atomic E-state index is -0.565. The quantitative estimate of drug-likeness (QED) is 0.848. The smallest absolute Gasteiger partial charge is 0.411 e. The Hall–Kier alpha value is -3.02. The van der Waals surface area contributed by atoms with Crippen LogP contribution in [-0.2, 0) is 17.6 Å². The zero-order valence-electron chi connectivity index (χ0n) is 12.7. The second kappa shape index (κ2) is 6.00. The van der Waals surface area contributed by atoms with Gasteiger partial charge < -0.3 is 10.5 Å². The van der Waals surface area contributed by atoms with Crippen molar-refractivity contribution in [1.29, 1.82) is 0 Å². The number of rotatable bonds is 1. The van der Waals surface area contributed by atoms with Gasteiger partial charge in [0.2, 0.25) is 0 Å². The van der Waals surface area contributed by atoms with Gasteiger partial charge in [0.15, 0.2) is 0 Å². The minimum absolute atomic E-state index is 0.543. The van der Waals surface area contributed by atoms with Crippen LogP contribution in [0.3, 0.4) is 0 Å². The number of nitrogens with zero attached hydrogens (tertiary/aromatic N) is 1. The number of carbonyl (C=O) groups is 2. The summed E-state index contributed by atoms with van der Waals surface area (Å²) in [6, 6.07) is 12.5. The number of methoxy groups -OCH3 is 1. The van der Waals surface area contributed by atoms with E-state index >= 15 is 0 Å². The van der Waals surface area contributed by atoms with Gasteiger partial charge in [-0.2, -0.15) is 0 Å². The lowest BCUT2D eigenvalue weighted by molar-refractivity contribution is 0.187. The van der Waals surface area contributed by atoms with Crippen LogP contribution in [0.15, 0.2) is 42.5 Å². The number of anilines is 3. The van der Waals surface area contributed by atoms with Gasteiger partial charge in [-0.05, 0) is 42.2 Å². The summed E-state index contributed by atoms with van der Waals surface area (Å²) >= 11 is 0. The van der Waals surface area contributed by atoms with Gasteiger partial charge in [-0.25, -0.2) is 9.59 Å². The summed E-state index contributed by atoms with van der Waals surface area (Å²) in [5.41, 5.74) is 9.67. The molecule has 2 aromatic rings. The van der Waals surface area contributed by atoms with Crippen molar-refractivity contribution >= 4 is 29.2 Å². The molecule has 3 amide bonds. The number of carbonyl (C=O) groups excluding carboxylic acids is 2. The maximum Gasteiger partial charge on any atom is 0.411 e. The topological polar surface area (TPSA) is 84.7 Å². The molecule has 3 N–H and O–H groups in total. The normalized spacial score (nSPS) is 12.7. The third-order valence-corrected chi connectivity index (χ3v) is 3.87. The minimum Gasteiger partial charge on any atom is -0.453 e. The fraction of sp³-hybridized carbons (Fsp3) is 0.176. The third kappa shape index (κ3) is 2.83. The summed E-state index contributed by atoms with van der Waals surface area (Å²) in [6.45, 7) is 0. The van der Waals surface area contributed by atoms with Crippen LogP contribution >= 0.6 is 0 Å². The lowest BCUT2D eigenvalue weighted by Gasteiger charge is -2.23. The fourth-order valence-corrected chi connectivity index (χ4v) is 2.81. The fourth-order valence-electron chi connectivity index (χ4n) is 2.81. The summed E-state index contributed by atoms with van der Waals surface area (Å²) in [4.78, 5) is 24.9. The van der Waals surface area contributed by atoms with E-state index in [0.29, 0.717) is 11.4 Å². The van der Waals surface area contributed by atoms with E-state index in [4.69, 9.17) is 5.73 Å². The van der Waals surface area contributed by atoms with Crippen LogP contribution in [0.1, 0.15) is 11.1 Å². The molecule has 0 atom stereocenters. The van der Waals surface area contributed by atoms with Crippen LogP contribution in [0.2, 0.25) is 0 Å². The molecule has 0 saturated heterocycles. The highest BCUT2D eigenvalue weighted by molar-refractivity contribution is 6.01. The first kappa shape index (κ1) is 14.9. The number of para-hydroxylation sites is 1. The first-order chi connectivity index (χ1) is 11.1. The molecule has 0 spiro atoms. The summed E-state index contributed by atoms with van der Waals surface area (Å²) < 4.78 is 4.60. The van der Waals surface area contributed by atoms with E-state index in [1.54, 1.807) is 12.1 Å². The van der Waals surface area contributed by atoms with E-state index in [-0.39, 0.29) is 0 Å². The van der Waals surface area contributed by atoms with Crippen LogP contribution in [0.4, 0.5) is 26.7 Å². The highest BCUT2D eigenvalue weighted by atomic mass is 16.5. The number of nitrogens with one attached hydrogen (secondary N) is 1. The maximum atomic E-state index is 12.1. The molecule has 1 aliphatic heterocycles. The van der Waals surface area contributed by atoms with Crippen LogP contribution < -0.4 is 16.0 Å². The Bertz CT molecular complexity index is 773. The average molecular weight is 311 g/mol. The van der Waals surface area contributed by atoms with Crippen molar-refractivity contribution in [2.45, 2.75) is 12.8 Å². The Morgan fingerprint density at radius 3 is 2.48 bits per heavy atom. The zero-order chi connectivity index (χ0) is 16.4. The van der Waals surface area contributed by atoms with Crippen molar-refractivity contribution in [3.8, 4) is 0 Å². The molecule has 0 bridgehead atoms. The van der Waals surface area contributed by atoms with Gasteiger partial charge in [0.25, 0.3) is 0 Å². The number of benzene rings is 2. The van der Waals surface area contributed by atoms with Gasteiger partial charge >= 0.3 is 12.1 Å². The molecule has 0 aromatic heterocycles. The molecular formula is C17H17N3O3. The molecule has 6 heteroatoms. The molecular weight excluding hydrogens is 294 g/mol. The lowest BCUT2D eigenvalue weighted by atomic mass is 10.0. The number of hydrogen-bond acceptors (Lipinski definition) is 3. The van der Waals surface area contributed by atoms with Gasteiger partial charge in [0, 0.05) is 5.69 Å². The molecule has 0 aliphatic carbocycles. The van der Waals surface area contributed by atoms with Gasteiger partial charge in [-0.15, -0.1) is 0 Å². The molecule has 1 heterocycles. The Balaban J connectivity index is 2.10. The number of aryl methyl sites for hydroxylation is 2. The van der Waals surface area contributed by atoms with Crippen molar-refractivity contribution in [1.82, 2.24) is 0 Å². The molecule has 0 saturated carbocycles. The average Bonchev–Trinajstić information content (AvgIpc) is 2.71. The molecule has 118 valence electrons. The summed E-state index contributed by atoms with van der Waals surface area (Å²) in [6.07, 6.45) is 1.04. The first-order valence-corrected chi connectivity index (χ1v) is 7.25. The van der Waals surface area contributed by atoms with Crippen LogP contribution in [0, 0.1) is 0 Å². The summed E-state index contributed by atoms with van der Waals surface area (Å²) in [5, 5.41) is 2.61. The molecule has 0 unspecified atom stereocenters. The molecule has 3 rings (SSSR count). The van der Waals surface area contributed by atoms with E-state index in [1.165, 1.54) is 12.0 Å². The van der Waals surface area contributed by atoms with Crippen LogP contribution in [-0.4, -0.2) is 19.2 Å². The zero-order valence-corrected chi connectivity index (χ0v) is 12.7. The molecule has 2 aromatic carbocycles. The molecule has 0 radical (unpaired) electrons. The molecule has 6 nitrogen and oxygen atoms in total. The van der Waals surface area contributed by atoms with E-state index in [0.717, 1.165) is 29.7 Å². The van der Waals surface area contributed by atoms with Gasteiger partial charge in [0.1, 0.15) is 0 Å². The monoisotopic (exact) mass is 311 g/mol. The maximum absolute atomic E-state index is 12.1. The predicted molar refractivity (Wildman–Crippen MR) is 88.0 cm³/mol. The number of fused-ring (bicyclic) bond motifs is 2. The Morgan fingerprint density at radius 1 is 1.09 bits per heavy atom. The van der Waals surface area contributed by atoms with Crippen molar-refractivity contribution in [3.05, 3.63) is 53.6 Å². The number of amides is 3. The number of primary amides is 1. The highest BCUT2D eigenvalue weighted by Gasteiger charge is 2.24. The van der Waals surface area contributed by atoms with Gasteiger partial charge in [-0.1, -0.05) is 24.3 Å². The van der Waals surface area contributed by atoms with Crippen LogP contribution in [0.25, 0.3) is 0 Å². The van der Waals surface area contributed by atoms with E-state index < -0.39 is 12.1 Å². The SMILES string of the molecule is COC(=O)Nc1ccc2c(c1)N(C(N)=O)c1ccccc1CC2. The third-order valence-electron chi connectivity index (χ3n) is 3.87. The largest absolute Gasteiger partial charge is 0.453 e. The van der Waals surface area contributed by atoms with Crippen molar-refractivity contribution in [3.63, 3.8) is 0 Å². The summed E-state index contributed by atoms with van der Waals surface area (Å²) in [7, 11) is 1.30. The van der Waals surface area contributed by atoms with Crippen molar-refractivity contribution in [2.24, 2.45) is 5.73 Å². The summed E-state index contributed by atoms with van der Waals surface area (Å²) in [5.74, 6) is 0. The number of ether oxygens (including phenoxy) is 1. The molecule has 1 aliphatic rings. The highest BCUT2D eigenvalue weighted by Crippen LogP contribution is 2.37. The second-order valence-corrected chi connectivity index (χ2v) is 5.26. The Labute approximate surface area is 133 Å². The van der Waals surface area contributed by atoms with E-state index in [9.17, 15) is 9.59 Å². The molecule has 0 fully saturated rings.